The molecule has 0 spiro atoms. The van der Waals surface area contributed by atoms with Crippen molar-refractivity contribution in [2.24, 2.45) is 4.99 Å². The monoisotopic (exact) mass is 552 g/mol. The lowest BCUT2D eigenvalue weighted by molar-refractivity contribution is 0.880. The number of nitrogens with one attached hydrogen (secondary N) is 1. The number of aliphatic imine (C=N–C) groups is 1. The maximum absolute atomic E-state index is 5.08. The summed E-state index contributed by atoms with van der Waals surface area (Å²) in [5, 5.41) is 6.07. The van der Waals surface area contributed by atoms with Gasteiger partial charge in [0.25, 0.3) is 0 Å². The molecule has 4 heteroatoms. The molecule has 3 heterocycles. The highest BCUT2D eigenvalue weighted by Gasteiger charge is 2.19. The minimum absolute atomic E-state index is 0.0729. The zero-order valence-corrected chi connectivity index (χ0v) is 23.4. The van der Waals surface area contributed by atoms with Gasteiger partial charge >= 0.3 is 0 Å². The maximum Gasteiger partial charge on any atom is 0.133 e. The second kappa shape index (κ2) is 10.6. The molecule has 2 aromatic heterocycles. The second-order valence-corrected chi connectivity index (χ2v) is 10.8. The van der Waals surface area contributed by atoms with E-state index < -0.39 is 0 Å². The zero-order valence-electron chi connectivity index (χ0n) is 23.4. The van der Waals surface area contributed by atoms with E-state index in [-0.39, 0.29) is 6.04 Å². The van der Waals surface area contributed by atoms with E-state index in [9.17, 15) is 0 Å². The molecular weight excluding hydrogens is 524 g/mol. The fourth-order valence-electron chi connectivity index (χ4n) is 6.03. The summed E-state index contributed by atoms with van der Waals surface area (Å²) < 4.78 is 2.29. The number of hydrogen-bond acceptors (Lipinski definition) is 3. The fourth-order valence-corrected chi connectivity index (χ4v) is 6.03. The summed E-state index contributed by atoms with van der Waals surface area (Å²) in [5.41, 5.74) is 10.1. The fraction of sp³-hybridized carbons (Fsp3) is 0.0256. The predicted molar refractivity (Wildman–Crippen MR) is 177 cm³/mol. The summed E-state index contributed by atoms with van der Waals surface area (Å²) in [6, 6.07) is 48.9. The number of nitrogens with zero attached hydrogens (tertiary/aromatic N) is 3. The van der Waals surface area contributed by atoms with E-state index in [0.717, 1.165) is 45.0 Å². The van der Waals surface area contributed by atoms with E-state index in [1.807, 2.05) is 24.5 Å². The third-order valence-electron chi connectivity index (χ3n) is 8.14. The Bertz CT molecular complexity index is 2090. The maximum atomic E-state index is 5.08. The van der Waals surface area contributed by atoms with Gasteiger partial charge in [0.05, 0.1) is 23.3 Å². The molecule has 204 valence electrons. The SMILES string of the molecule is C1=C(c2cccc(-c3ccc(-n4c5ccccc5c5ccncc54)cc3)c2)NC(c2ccccc2)=NC1c1ccccc1. The predicted octanol–water partition coefficient (Wildman–Crippen LogP) is 8.98. The van der Waals surface area contributed by atoms with E-state index in [4.69, 9.17) is 4.99 Å². The molecule has 1 unspecified atom stereocenters. The highest BCUT2D eigenvalue weighted by atomic mass is 15.0. The van der Waals surface area contributed by atoms with Crippen LogP contribution in [0.4, 0.5) is 0 Å². The Morgan fingerprint density at radius 3 is 2.09 bits per heavy atom. The van der Waals surface area contributed by atoms with Crippen LogP contribution in [-0.2, 0) is 0 Å². The molecule has 5 aromatic carbocycles. The van der Waals surface area contributed by atoms with Gasteiger partial charge in [0, 0.05) is 33.9 Å². The highest BCUT2D eigenvalue weighted by Crippen LogP contribution is 2.33. The van der Waals surface area contributed by atoms with E-state index in [0.29, 0.717) is 0 Å². The van der Waals surface area contributed by atoms with Crippen LogP contribution in [0, 0.1) is 0 Å². The summed E-state index contributed by atoms with van der Waals surface area (Å²) in [4.78, 5) is 9.50. The Kier molecular flexibility index (Phi) is 6.16. The van der Waals surface area contributed by atoms with E-state index in [1.54, 1.807) is 0 Å². The number of hydrogen-bond donors (Lipinski definition) is 1. The number of benzene rings is 5. The van der Waals surface area contributed by atoms with Crippen LogP contribution in [0.5, 0.6) is 0 Å². The van der Waals surface area contributed by atoms with E-state index in [2.05, 4.69) is 148 Å². The van der Waals surface area contributed by atoms with Gasteiger partial charge in [0.1, 0.15) is 5.84 Å². The van der Waals surface area contributed by atoms with Crippen molar-refractivity contribution in [3.8, 4) is 16.8 Å². The smallest absolute Gasteiger partial charge is 0.133 e. The van der Waals surface area contributed by atoms with Gasteiger partial charge in [-0.15, -0.1) is 0 Å². The van der Waals surface area contributed by atoms with Gasteiger partial charge in [0.15, 0.2) is 0 Å². The number of fused-ring (bicyclic) bond motifs is 3. The average Bonchev–Trinajstić information content (AvgIpc) is 3.43. The molecular formula is C39H28N4. The number of aromatic nitrogens is 2. The highest BCUT2D eigenvalue weighted by molar-refractivity contribution is 6.09. The molecule has 1 aliphatic heterocycles. The Morgan fingerprint density at radius 1 is 0.558 bits per heavy atom. The van der Waals surface area contributed by atoms with E-state index >= 15 is 0 Å². The van der Waals surface area contributed by atoms with Crippen molar-refractivity contribution in [2.45, 2.75) is 6.04 Å². The molecule has 1 N–H and O–H groups in total. The quantitative estimate of drug-likeness (QED) is 0.232. The first-order chi connectivity index (χ1) is 21.3. The molecule has 0 amide bonds. The normalized spacial score (nSPS) is 14.7. The Balaban J connectivity index is 1.16. The van der Waals surface area contributed by atoms with Crippen LogP contribution in [0.2, 0.25) is 0 Å². The van der Waals surface area contributed by atoms with Crippen molar-refractivity contribution < 1.29 is 0 Å². The number of rotatable bonds is 5. The lowest BCUT2D eigenvalue weighted by Gasteiger charge is -2.23. The summed E-state index contributed by atoms with van der Waals surface area (Å²) in [5.74, 6) is 0.877. The second-order valence-electron chi connectivity index (χ2n) is 10.8. The third kappa shape index (κ3) is 4.59. The van der Waals surface area contributed by atoms with Crippen molar-refractivity contribution >= 4 is 33.3 Å². The Hall–Kier alpha value is -5.74. The van der Waals surface area contributed by atoms with Crippen molar-refractivity contribution in [1.82, 2.24) is 14.9 Å². The number of amidine groups is 1. The molecule has 8 rings (SSSR count). The van der Waals surface area contributed by atoms with Gasteiger partial charge in [0.2, 0.25) is 0 Å². The average molecular weight is 553 g/mol. The lowest BCUT2D eigenvalue weighted by Crippen LogP contribution is -2.27. The lowest BCUT2D eigenvalue weighted by atomic mass is 9.98. The Morgan fingerprint density at radius 2 is 1.26 bits per heavy atom. The van der Waals surface area contributed by atoms with Gasteiger partial charge < -0.3 is 9.88 Å². The topological polar surface area (TPSA) is 42.2 Å². The molecule has 0 aliphatic carbocycles. The first kappa shape index (κ1) is 25.0. The third-order valence-corrected chi connectivity index (χ3v) is 8.14. The Labute approximate surface area is 250 Å². The van der Waals surface area contributed by atoms with Crippen molar-refractivity contribution in [1.29, 1.82) is 0 Å². The molecule has 0 bridgehead atoms. The van der Waals surface area contributed by atoms with Gasteiger partial charge in [-0.05, 0) is 58.7 Å². The van der Waals surface area contributed by atoms with Crippen molar-refractivity contribution in [3.63, 3.8) is 0 Å². The van der Waals surface area contributed by atoms with Crippen molar-refractivity contribution in [2.75, 3.05) is 0 Å². The minimum atomic E-state index is -0.0729. The molecule has 0 saturated heterocycles. The van der Waals surface area contributed by atoms with Gasteiger partial charge in [-0.25, -0.2) is 0 Å². The van der Waals surface area contributed by atoms with Crippen LogP contribution in [0.25, 0.3) is 44.3 Å². The summed E-state index contributed by atoms with van der Waals surface area (Å²) in [7, 11) is 0. The standard InChI is InChI=1S/C39H28N4/c1-3-10-28(11-4-1)35-25-36(42-39(41-35)29-12-5-2-6-13-29)31-15-9-14-30(24-31)27-18-20-32(21-19-27)43-37-17-8-7-16-33(37)34-22-23-40-26-38(34)43/h1-26,35H,(H,41,42). The summed E-state index contributed by atoms with van der Waals surface area (Å²) in [6.07, 6.45) is 6.04. The van der Waals surface area contributed by atoms with E-state index in [1.165, 1.54) is 21.9 Å². The van der Waals surface area contributed by atoms with Crippen LogP contribution in [-0.4, -0.2) is 15.4 Å². The van der Waals surface area contributed by atoms with Crippen LogP contribution in [0.3, 0.4) is 0 Å². The van der Waals surface area contributed by atoms with Crippen LogP contribution in [0.1, 0.15) is 22.7 Å². The molecule has 4 nitrogen and oxygen atoms in total. The summed E-state index contributed by atoms with van der Waals surface area (Å²) >= 11 is 0. The molecule has 1 aliphatic rings. The van der Waals surface area contributed by atoms with Crippen LogP contribution < -0.4 is 5.32 Å². The molecule has 0 radical (unpaired) electrons. The van der Waals surface area contributed by atoms with Gasteiger partial charge in [-0.3, -0.25) is 9.98 Å². The number of para-hydroxylation sites is 1. The molecule has 1 atom stereocenters. The van der Waals surface area contributed by atoms with Crippen LogP contribution in [0.15, 0.2) is 163 Å². The minimum Gasteiger partial charge on any atom is -0.340 e. The van der Waals surface area contributed by atoms with Crippen LogP contribution >= 0.6 is 0 Å². The first-order valence-corrected chi connectivity index (χ1v) is 14.5. The molecule has 43 heavy (non-hydrogen) atoms. The molecule has 0 fully saturated rings. The summed E-state index contributed by atoms with van der Waals surface area (Å²) in [6.45, 7) is 0. The first-order valence-electron chi connectivity index (χ1n) is 14.5. The zero-order chi connectivity index (χ0) is 28.6. The van der Waals surface area contributed by atoms with Gasteiger partial charge in [-0.2, -0.15) is 0 Å². The van der Waals surface area contributed by atoms with Gasteiger partial charge in [-0.1, -0.05) is 109 Å². The largest absolute Gasteiger partial charge is 0.340 e. The number of pyridine rings is 1. The molecule has 0 saturated carbocycles. The molecule has 7 aromatic rings. The van der Waals surface area contributed by atoms with Crippen molar-refractivity contribution in [3.05, 3.63) is 175 Å².